The molecule has 1 atom stereocenters. The molecule has 0 N–H and O–H groups in total. The second-order valence-electron chi connectivity index (χ2n) is 5.24. The van der Waals surface area contributed by atoms with E-state index in [4.69, 9.17) is 4.74 Å². The number of aryl methyl sites for hydroxylation is 1. The summed E-state index contributed by atoms with van der Waals surface area (Å²) in [5.74, 6) is 0.998. The Balaban J connectivity index is 1.72. The lowest BCUT2D eigenvalue weighted by Crippen LogP contribution is -2.35. The molecule has 3 rings (SSSR count). The molecule has 0 saturated carbocycles. The molecule has 0 spiro atoms. The molecule has 1 fully saturated rings. The van der Waals surface area contributed by atoms with Crippen LogP contribution in [-0.2, 0) is 17.7 Å². The van der Waals surface area contributed by atoms with Crippen LogP contribution in [0.4, 0.5) is 5.82 Å². The molecule has 1 aliphatic rings. The highest BCUT2D eigenvalue weighted by atomic mass is 16.5. The number of aromatic nitrogens is 4. The first-order valence-electron chi connectivity index (χ1n) is 7.50. The van der Waals surface area contributed by atoms with Crippen LogP contribution in [0.15, 0.2) is 30.9 Å². The number of anilines is 1. The van der Waals surface area contributed by atoms with E-state index >= 15 is 0 Å². The fraction of sp³-hybridized carbons (Fsp3) is 0.533. The Morgan fingerprint density at radius 1 is 1.38 bits per heavy atom. The maximum absolute atomic E-state index is 5.94. The Bertz CT molecular complexity index is 557. The van der Waals surface area contributed by atoms with Gasteiger partial charge in [-0.2, -0.15) is 5.10 Å². The van der Waals surface area contributed by atoms with Crippen molar-refractivity contribution in [1.29, 1.82) is 0 Å². The average molecular weight is 287 g/mol. The van der Waals surface area contributed by atoms with E-state index in [1.807, 2.05) is 16.9 Å². The smallest absolute Gasteiger partial charge is 0.132 e. The Morgan fingerprint density at radius 2 is 2.33 bits per heavy atom. The van der Waals surface area contributed by atoms with Crippen molar-refractivity contribution in [3.05, 3.63) is 36.5 Å². The van der Waals surface area contributed by atoms with E-state index in [1.54, 1.807) is 12.5 Å². The molecule has 21 heavy (non-hydrogen) atoms. The van der Waals surface area contributed by atoms with Crippen molar-refractivity contribution in [2.75, 3.05) is 24.6 Å². The molecule has 0 amide bonds. The van der Waals surface area contributed by atoms with Gasteiger partial charge in [0.25, 0.3) is 0 Å². The molecule has 0 aromatic carbocycles. The zero-order valence-corrected chi connectivity index (χ0v) is 12.4. The van der Waals surface area contributed by atoms with Gasteiger partial charge in [-0.3, -0.25) is 4.68 Å². The van der Waals surface area contributed by atoms with Gasteiger partial charge in [0.05, 0.1) is 12.6 Å². The zero-order chi connectivity index (χ0) is 14.5. The number of ether oxygens (including phenoxy) is 1. The van der Waals surface area contributed by atoms with Gasteiger partial charge in [0.1, 0.15) is 12.1 Å². The second kappa shape index (κ2) is 6.67. The van der Waals surface area contributed by atoms with Gasteiger partial charge in [-0.05, 0) is 18.9 Å². The van der Waals surface area contributed by atoms with Crippen LogP contribution in [0, 0.1) is 0 Å². The monoisotopic (exact) mass is 287 g/mol. The molecule has 112 valence electrons. The van der Waals surface area contributed by atoms with Crippen molar-refractivity contribution in [2.45, 2.75) is 32.4 Å². The molecular formula is C15H21N5O. The Morgan fingerprint density at radius 3 is 3.14 bits per heavy atom. The summed E-state index contributed by atoms with van der Waals surface area (Å²) in [6.45, 7) is 5.47. The van der Waals surface area contributed by atoms with E-state index in [0.717, 1.165) is 50.6 Å². The molecule has 1 saturated heterocycles. The van der Waals surface area contributed by atoms with Gasteiger partial charge in [-0.1, -0.05) is 6.92 Å². The third-order valence-electron chi connectivity index (χ3n) is 3.70. The maximum Gasteiger partial charge on any atom is 0.132 e. The van der Waals surface area contributed by atoms with Gasteiger partial charge < -0.3 is 9.64 Å². The molecule has 6 heteroatoms. The predicted molar refractivity (Wildman–Crippen MR) is 80.2 cm³/mol. The van der Waals surface area contributed by atoms with Crippen LogP contribution in [0.25, 0.3) is 0 Å². The molecule has 2 aromatic rings. The molecule has 1 aliphatic heterocycles. The summed E-state index contributed by atoms with van der Waals surface area (Å²) in [5.41, 5.74) is 1.08. The molecule has 0 bridgehead atoms. The minimum absolute atomic E-state index is 0.132. The van der Waals surface area contributed by atoms with Crippen molar-refractivity contribution < 1.29 is 4.74 Å². The van der Waals surface area contributed by atoms with Crippen LogP contribution >= 0.6 is 0 Å². The highest BCUT2D eigenvalue weighted by Crippen LogP contribution is 2.16. The molecule has 3 heterocycles. The van der Waals surface area contributed by atoms with E-state index in [9.17, 15) is 0 Å². The highest BCUT2D eigenvalue weighted by molar-refractivity contribution is 5.39. The first-order valence-corrected chi connectivity index (χ1v) is 7.50. The first-order chi connectivity index (χ1) is 10.3. The minimum atomic E-state index is 0.132. The highest BCUT2D eigenvalue weighted by Gasteiger charge is 2.20. The Kier molecular flexibility index (Phi) is 4.45. The van der Waals surface area contributed by atoms with Crippen LogP contribution in [0.2, 0.25) is 0 Å². The predicted octanol–water partition coefficient (Wildman–Crippen LogP) is 1.53. The van der Waals surface area contributed by atoms with E-state index in [-0.39, 0.29) is 6.10 Å². The maximum atomic E-state index is 5.94. The number of nitrogens with zero attached hydrogens (tertiary/aromatic N) is 5. The summed E-state index contributed by atoms with van der Waals surface area (Å²) in [6, 6.07) is 4.02. The Hall–Kier alpha value is -1.95. The zero-order valence-electron chi connectivity index (χ0n) is 12.4. The molecule has 2 aromatic heterocycles. The number of hydrogen-bond donors (Lipinski definition) is 0. The van der Waals surface area contributed by atoms with E-state index < -0.39 is 0 Å². The SMILES string of the molecule is CCc1cc(N2CCCO[C@@H](Cn3cccn3)C2)ncn1. The standard InChI is InChI=1S/C15H21N5O/c1-2-13-9-15(17-12-16-13)19-6-4-8-21-14(10-19)11-20-7-3-5-18-20/h3,5,7,9,12,14H,2,4,6,8,10-11H2,1H3/t14-/m1/s1. The lowest BCUT2D eigenvalue weighted by Gasteiger charge is -2.25. The van der Waals surface area contributed by atoms with Crippen LogP contribution in [0.1, 0.15) is 19.0 Å². The van der Waals surface area contributed by atoms with Gasteiger partial charge in [0.15, 0.2) is 0 Å². The van der Waals surface area contributed by atoms with Gasteiger partial charge in [0, 0.05) is 43.9 Å². The van der Waals surface area contributed by atoms with E-state index in [0.29, 0.717) is 0 Å². The van der Waals surface area contributed by atoms with Gasteiger partial charge in [0.2, 0.25) is 0 Å². The third kappa shape index (κ3) is 3.58. The van der Waals surface area contributed by atoms with E-state index in [1.165, 1.54) is 0 Å². The molecular weight excluding hydrogens is 266 g/mol. The first kappa shape index (κ1) is 14.0. The largest absolute Gasteiger partial charge is 0.374 e. The lowest BCUT2D eigenvalue weighted by molar-refractivity contribution is 0.0543. The fourth-order valence-corrected chi connectivity index (χ4v) is 2.58. The summed E-state index contributed by atoms with van der Waals surface area (Å²) in [6.07, 6.45) is 7.50. The van der Waals surface area contributed by atoms with Crippen LogP contribution in [0.5, 0.6) is 0 Å². The number of hydrogen-bond acceptors (Lipinski definition) is 5. The average Bonchev–Trinajstić information content (AvgIpc) is 2.91. The number of rotatable bonds is 4. The summed E-state index contributed by atoms with van der Waals surface area (Å²) in [7, 11) is 0. The van der Waals surface area contributed by atoms with Crippen LogP contribution in [0.3, 0.4) is 0 Å². The lowest BCUT2D eigenvalue weighted by atomic mass is 10.2. The topological polar surface area (TPSA) is 56.1 Å². The van der Waals surface area contributed by atoms with Crippen molar-refractivity contribution in [3.63, 3.8) is 0 Å². The summed E-state index contributed by atoms with van der Waals surface area (Å²) >= 11 is 0. The molecule has 0 radical (unpaired) electrons. The molecule has 0 unspecified atom stereocenters. The quantitative estimate of drug-likeness (QED) is 0.853. The summed E-state index contributed by atoms with van der Waals surface area (Å²) in [4.78, 5) is 11.0. The van der Waals surface area contributed by atoms with Crippen molar-refractivity contribution in [1.82, 2.24) is 19.7 Å². The van der Waals surface area contributed by atoms with Crippen LogP contribution < -0.4 is 4.90 Å². The van der Waals surface area contributed by atoms with Gasteiger partial charge in [-0.25, -0.2) is 9.97 Å². The van der Waals surface area contributed by atoms with Crippen molar-refractivity contribution in [3.8, 4) is 0 Å². The molecule has 0 aliphatic carbocycles. The summed E-state index contributed by atoms with van der Waals surface area (Å²) in [5, 5.41) is 4.26. The van der Waals surface area contributed by atoms with Gasteiger partial charge >= 0.3 is 0 Å². The minimum Gasteiger partial charge on any atom is -0.374 e. The summed E-state index contributed by atoms with van der Waals surface area (Å²) < 4.78 is 7.86. The molecule has 6 nitrogen and oxygen atoms in total. The second-order valence-corrected chi connectivity index (χ2v) is 5.24. The fourth-order valence-electron chi connectivity index (χ4n) is 2.58. The van der Waals surface area contributed by atoms with Crippen molar-refractivity contribution >= 4 is 5.82 Å². The Labute approximate surface area is 124 Å². The van der Waals surface area contributed by atoms with Crippen molar-refractivity contribution in [2.24, 2.45) is 0 Å². The normalized spacial score (nSPS) is 19.5. The van der Waals surface area contributed by atoms with Crippen LogP contribution in [-0.4, -0.2) is 45.5 Å². The third-order valence-corrected chi connectivity index (χ3v) is 3.70. The van der Waals surface area contributed by atoms with E-state index in [2.05, 4.69) is 33.0 Å². The van der Waals surface area contributed by atoms with Gasteiger partial charge in [-0.15, -0.1) is 0 Å².